The van der Waals surface area contributed by atoms with E-state index in [1.165, 1.54) is 148 Å². The zero-order valence-electron chi connectivity index (χ0n) is 40.2. The molecule has 5 aliphatic rings. The number of hydrogen-bond donors (Lipinski definition) is 0. The molecule has 0 spiro atoms. The highest BCUT2D eigenvalue weighted by Gasteiger charge is 2.51. The molecule has 0 amide bonds. The molecule has 1 saturated carbocycles. The Morgan fingerprint density at radius 2 is 0.918 bits per heavy atom. The van der Waals surface area contributed by atoms with E-state index < -0.39 is 0 Å². The lowest BCUT2D eigenvalue weighted by Gasteiger charge is -2.52. The molecule has 10 aromatic carbocycles. The van der Waals surface area contributed by atoms with E-state index in [1.54, 1.807) is 0 Å². The maximum absolute atomic E-state index is 2.73. The highest BCUT2D eigenvalue weighted by molar-refractivity contribution is 7.00. The average molecular weight is 932 g/mol. The summed E-state index contributed by atoms with van der Waals surface area (Å²) in [6.07, 6.45) is 4.92. The molecule has 6 heterocycles. The number of aromatic nitrogens is 1. The summed E-state index contributed by atoms with van der Waals surface area (Å²) >= 11 is 0. The van der Waals surface area contributed by atoms with E-state index in [0.717, 1.165) is 5.69 Å². The molecule has 2 atom stereocenters. The summed E-state index contributed by atoms with van der Waals surface area (Å²) in [5, 5.41) is 5.25. The SMILES string of the molecule is c1ccc(N2c3ccccc3B3c4cc5c6cc7c(cc6n6c8ccccc8c(c4N(c4ccccc4)c4cccc2c43)c56)N(c2ccccc2)c2cccc3c2B7C2CCCCC2N3c2ccccc2)cc1. The second-order valence-electron chi connectivity index (χ2n) is 21.0. The van der Waals surface area contributed by atoms with Crippen LogP contribution in [0, 0.1) is 0 Å². The van der Waals surface area contributed by atoms with Gasteiger partial charge in [-0.2, -0.15) is 0 Å². The monoisotopic (exact) mass is 931 g/mol. The predicted molar refractivity (Wildman–Crippen MR) is 309 cm³/mol. The van der Waals surface area contributed by atoms with E-state index in [0.29, 0.717) is 11.9 Å². The first kappa shape index (κ1) is 40.0. The Kier molecular flexibility index (Phi) is 8.18. The van der Waals surface area contributed by atoms with Crippen molar-refractivity contribution in [3.63, 3.8) is 0 Å². The molecule has 1 aliphatic carbocycles. The number of rotatable bonds is 4. The van der Waals surface area contributed by atoms with Gasteiger partial charge in [0.2, 0.25) is 6.71 Å². The van der Waals surface area contributed by atoms with Gasteiger partial charge >= 0.3 is 0 Å². The highest BCUT2D eigenvalue weighted by Crippen LogP contribution is 2.53. The van der Waals surface area contributed by atoms with Gasteiger partial charge in [-0.15, -0.1) is 0 Å². The van der Waals surface area contributed by atoms with Gasteiger partial charge in [-0.05, 0) is 131 Å². The summed E-state index contributed by atoms with van der Waals surface area (Å²) in [5.41, 5.74) is 24.5. The molecule has 73 heavy (non-hydrogen) atoms. The van der Waals surface area contributed by atoms with Gasteiger partial charge < -0.3 is 24.0 Å². The van der Waals surface area contributed by atoms with E-state index in [-0.39, 0.29) is 13.4 Å². The van der Waals surface area contributed by atoms with Gasteiger partial charge in [0.1, 0.15) is 0 Å². The van der Waals surface area contributed by atoms with Crippen molar-refractivity contribution in [1.82, 2.24) is 4.40 Å². The number of hydrogen-bond acceptors (Lipinski definition) is 4. The lowest BCUT2D eigenvalue weighted by Crippen LogP contribution is -2.62. The van der Waals surface area contributed by atoms with Crippen molar-refractivity contribution in [1.29, 1.82) is 0 Å². The Labute approximate surface area is 425 Å². The number of nitrogens with zero attached hydrogens (tertiary/aromatic N) is 5. The third-order valence-corrected chi connectivity index (χ3v) is 17.5. The van der Waals surface area contributed by atoms with Crippen molar-refractivity contribution in [2.45, 2.75) is 37.5 Å². The lowest BCUT2D eigenvalue weighted by molar-refractivity contribution is 0.429. The maximum Gasteiger partial charge on any atom is 0.252 e. The molecule has 0 saturated heterocycles. The molecular formula is C66H47B2N5. The van der Waals surface area contributed by atoms with Crippen LogP contribution >= 0.6 is 0 Å². The van der Waals surface area contributed by atoms with Crippen LogP contribution < -0.4 is 46.9 Å². The van der Waals surface area contributed by atoms with E-state index in [2.05, 4.69) is 248 Å². The number of fused-ring (bicyclic) bond motifs is 15. The third kappa shape index (κ3) is 5.28. The Morgan fingerprint density at radius 1 is 0.370 bits per heavy atom. The van der Waals surface area contributed by atoms with Crippen LogP contribution in [-0.4, -0.2) is 23.9 Å². The van der Waals surface area contributed by atoms with Gasteiger partial charge in [-0.1, -0.05) is 153 Å². The van der Waals surface area contributed by atoms with Crippen LogP contribution in [0.3, 0.4) is 0 Å². The lowest BCUT2D eigenvalue weighted by atomic mass is 9.28. The summed E-state index contributed by atoms with van der Waals surface area (Å²) in [6, 6.07) is 85.3. The van der Waals surface area contributed by atoms with E-state index >= 15 is 0 Å². The summed E-state index contributed by atoms with van der Waals surface area (Å²) in [6.45, 7) is 0.244. The Hall–Kier alpha value is -8.67. The summed E-state index contributed by atoms with van der Waals surface area (Å²) in [5.74, 6) is 0.461. The quantitative estimate of drug-likeness (QED) is 0.164. The number of anilines is 11. The van der Waals surface area contributed by atoms with Crippen LogP contribution in [0.15, 0.2) is 224 Å². The van der Waals surface area contributed by atoms with Crippen molar-refractivity contribution in [3.8, 4) is 0 Å². The molecule has 2 unspecified atom stereocenters. The zero-order valence-corrected chi connectivity index (χ0v) is 40.2. The molecule has 0 radical (unpaired) electrons. The van der Waals surface area contributed by atoms with E-state index in [1.807, 2.05) is 0 Å². The normalized spacial score (nSPS) is 17.2. The minimum atomic E-state index is -0.00455. The molecule has 1 fully saturated rings. The van der Waals surface area contributed by atoms with Crippen LogP contribution in [0.4, 0.5) is 62.6 Å². The minimum Gasteiger partial charge on any atom is -0.339 e. The molecule has 7 heteroatoms. The van der Waals surface area contributed by atoms with Crippen LogP contribution in [0.25, 0.3) is 38.1 Å². The van der Waals surface area contributed by atoms with Crippen molar-refractivity contribution < 1.29 is 0 Å². The Bertz CT molecular complexity index is 4220. The maximum atomic E-state index is 2.73. The molecule has 17 rings (SSSR count). The van der Waals surface area contributed by atoms with Crippen molar-refractivity contribution in [2.24, 2.45) is 0 Å². The minimum absolute atomic E-state index is 0.00455. The van der Waals surface area contributed by atoms with E-state index in [9.17, 15) is 0 Å². The molecule has 5 nitrogen and oxygen atoms in total. The first-order valence-electron chi connectivity index (χ1n) is 26.3. The average Bonchev–Trinajstić information content (AvgIpc) is 4.00. The van der Waals surface area contributed by atoms with E-state index in [4.69, 9.17) is 0 Å². The molecule has 4 aliphatic heterocycles. The van der Waals surface area contributed by atoms with Gasteiger partial charge in [-0.3, -0.25) is 0 Å². The Balaban J connectivity index is 1.00. The summed E-state index contributed by atoms with van der Waals surface area (Å²) < 4.78 is 2.63. The van der Waals surface area contributed by atoms with Crippen molar-refractivity contribution >= 4 is 141 Å². The predicted octanol–water partition coefficient (Wildman–Crippen LogP) is 13.8. The van der Waals surface area contributed by atoms with Gasteiger partial charge in [0.05, 0.1) is 22.2 Å². The fourth-order valence-electron chi connectivity index (χ4n) is 14.9. The highest BCUT2D eigenvalue weighted by atomic mass is 15.2. The third-order valence-electron chi connectivity index (χ3n) is 17.5. The van der Waals surface area contributed by atoms with Crippen LogP contribution in [0.2, 0.25) is 5.82 Å². The second-order valence-corrected chi connectivity index (χ2v) is 21.0. The molecule has 12 aromatic rings. The standard InChI is InChI=1S/C66H47B2N5/c1-5-21-42(22-6-1)69-54-33-17-14-30-49(54)67-51-39-47-48-40-52-66(72(45-27-11-4-12-28-45)59-38-20-36-57-64(59)68(52)50-31-15-18-34-55(50)70(57)43-23-7-2-8-24-43)62-46-29-13-16-32-53(46)73(65(48)62)60(47)41-61(51)71(44-25-9-3-10-26-44)58-37-19-35-56(69)63(58)67/h1-13,15-16,18-29,31-32,34-41,49,54H,14,17,30,33H2. The molecule has 342 valence electrons. The molecule has 2 aromatic heterocycles. The van der Waals surface area contributed by atoms with Crippen LogP contribution in [0.5, 0.6) is 0 Å². The summed E-state index contributed by atoms with van der Waals surface area (Å²) in [7, 11) is 0. The number of benzene rings is 10. The summed E-state index contributed by atoms with van der Waals surface area (Å²) in [4.78, 5) is 10.4. The van der Waals surface area contributed by atoms with Gasteiger partial charge in [-0.25, -0.2) is 0 Å². The fourth-order valence-corrected chi connectivity index (χ4v) is 14.9. The Morgan fingerprint density at radius 3 is 1.64 bits per heavy atom. The van der Waals surface area contributed by atoms with Gasteiger partial charge in [0.25, 0.3) is 6.71 Å². The van der Waals surface area contributed by atoms with Gasteiger partial charge in [0, 0.05) is 84.5 Å². The smallest absolute Gasteiger partial charge is 0.252 e. The van der Waals surface area contributed by atoms with Crippen LogP contribution in [-0.2, 0) is 0 Å². The second kappa shape index (κ2) is 14.9. The largest absolute Gasteiger partial charge is 0.339 e. The van der Waals surface area contributed by atoms with Crippen molar-refractivity contribution in [2.75, 3.05) is 19.6 Å². The molecule has 0 bridgehead atoms. The topological polar surface area (TPSA) is 17.4 Å². The number of para-hydroxylation sites is 6. The van der Waals surface area contributed by atoms with Crippen LogP contribution in [0.1, 0.15) is 25.7 Å². The molecular weight excluding hydrogens is 884 g/mol. The first-order valence-corrected chi connectivity index (χ1v) is 26.3. The zero-order chi connectivity index (χ0) is 47.5. The fraction of sp³-hybridized carbons (Fsp3) is 0.0909. The van der Waals surface area contributed by atoms with Gasteiger partial charge in [0.15, 0.2) is 0 Å². The first-order chi connectivity index (χ1) is 36.3. The van der Waals surface area contributed by atoms with Crippen molar-refractivity contribution in [3.05, 3.63) is 224 Å². The molecule has 0 N–H and O–H groups in total.